The van der Waals surface area contributed by atoms with Crippen molar-refractivity contribution in [3.05, 3.63) is 42.5 Å². The van der Waals surface area contributed by atoms with Crippen LogP contribution in [0.15, 0.2) is 36.9 Å². The highest BCUT2D eigenvalue weighted by Gasteiger charge is 2.38. The zero-order chi connectivity index (χ0) is 18.9. The topological polar surface area (TPSA) is 62.2 Å². The Labute approximate surface area is 166 Å². The Morgan fingerprint density at radius 2 is 1.79 bits per heavy atom. The highest BCUT2D eigenvalue weighted by molar-refractivity contribution is 5.93. The van der Waals surface area contributed by atoms with Gasteiger partial charge in [-0.3, -0.25) is 14.7 Å². The van der Waals surface area contributed by atoms with E-state index >= 15 is 0 Å². The molecule has 3 aliphatic heterocycles. The summed E-state index contributed by atoms with van der Waals surface area (Å²) in [4.78, 5) is 30.7. The lowest BCUT2D eigenvalue weighted by atomic mass is 9.83. The number of aromatic nitrogens is 3. The van der Waals surface area contributed by atoms with Crippen molar-refractivity contribution < 1.29 is 4.79 Å². The first kappa shape index (κ1) is 17.7. The van der Waals surface area contributed by atoms with Crippen molar-refractivity contribution in [1.82, 2.24) is 24.8 Å². The average Bonchev–Trinajstić information content (AvgIpc) is 3.03. The van der Waals surface area contributed by atoms with Crippen molar-refractivity contribution in [2.24, 2.45) is 11.8 Å². The fourth-order valence-electron chi connectivity index (χ4n) is 4.85. The SMILES string of the molecule is O=C(c1cnc(-c2ccncc2)nc1)N1C[C@@H]2CC[C@H](C1)N(CC1CCC1)C2. The standard InChI is InChI=1S/C22H27N5O/c28-22(19-10-24-21(25-11-19)18-6-8-23-9-7-18)27-14-17-4-5-20(15-27)26(13-17)12-16-2-1-3-16/h6-11,16-17,20H,1-5,12-15H2/t17-,20-/m1/s1. The number of amides is 1. The predicted octanol–water partition coefficient (Wildman–Crippen LogP) is 2.88. The van der Waals surface area contributed by atoms with E-state index in [1.807, 2.05) is 17.0 Å². The van der Waals surface area contributed by atoms with Gasteiger partial charge in [0.25, 0.3) is 5.91 Å². The smallest absolute Gasteiger partial charge is 0.257 e. The number of piperidine rings is 1. The summed E-state index contributed by atoms with van der Waals surface area (Å²) in [5.74, 6) is 2.18. The summed E-state index contributed by atoms with van der Waals surface area (Å²) < 4.78 is 0. The summed E-state index contributed by atoms with van der Waals surface area (Å²) in [5.41, 5.74) is 1.50. The average molecular weight is 377 g/mol. The molecule has 0 unspecified atom stereocenters. The summed E-state index contributed by atoms with van der Waals surface area (Å²) in [6, 6.07) is 4.26. The van der Waals surface area contributed by atoms with Gasteiger partial charge in [0.1, 0.15) is 0 Å². The van der Waals surface area contributed by atoms with Crippen LogP contribution in [0, 0.1) is 11.8 Å². The largest absolute Gasteiger partial charge is 0.337 e. The van der Waals surface area contributed by atoms with Crippen molar-refractivity contribution in [3.8, 4) is 11.4 Å². The molecule has 6 nitrogen and oxygen atoms in total. The second kappa shape index (κ2) is 7.59. The van der Waals surface area contributed by atoms with Gasteiger partial charge < -0.3 is 4.90 Å². The molecule has 0 N–H and O–H groups in total. The first-order valence-corrected chi connectivity index (χ1v) is 10.5. The number of hydrogen-bond donors (Lipinski definition) is 0. The van der Waals surface area contributed by atoms with Gasteiger partial charge >= 0.3 is 0 Å². The lowest BCUT2D eigenvalue weighted by Crippen LogP contribution is -2.47. The molecule has 0 spiro atoms. The normalized spacial score (nSPS) is 25.4. The molecule has 3 saturated heterocycles. The van der Waals surface area contributed by atoms with Gasteiger partial charge in [-0.2, -0.15) is 0 Å². The fourth-order valence-corrected chi connectivity index (χ4v) is 4.85. The number of rotatable bonds is 4. The molecule has 5 heterocycles. The second-order valence-electron chi connectivity index (χ2n) is 8.59. The summed E-state index contributed by atoms with van der Waals surface area (Å²) in [6.07, 6.45) is 13.4. The predicted molar refractivity (Wildman–Crippen MR) is 107 cm³/mol. The van der Waals surface area contributed by atoms with Gasteiger partial charge in [-0.1, -0.05) is 6.42 Å². The minimum Gasteiger partial charge on any atom is -0.337 e. The molecule has 146 valence electrons. The fraction of sp³-hybridized carbons (Fsp3) is 0.545. The van der Waals surface area contributed by atoms with E-state index in [1.54, 1.807) is 24.8 Å². The Morgan fingerprint density at radius 3 is 2.50 bits per heavy atom. The van der Waals surface area contributed by atoms with E-state index in [0.717, 1.165) is 31.1 Å². The van der Waals surface area contributed by atoms with Crippen LogP contribution < -0.4 is 0 Å². The van der Waals surface area contributed by atoms with Crippen molar-refractivity contribution >= 4 is 5.91 Å². The van der Waals surface area contributed by atoms with Crippen LogP contribution in [0.25, 0.3) is 11.4 Å². The van der Waals surface area contributed by atoms with E-state index in [4.69, 9.17) is 0 Å². The highest BCUT2D eigenvalue weighted by atomic mass is 16.2. The third kappa shape index (κ3) is 3.53. The quantitative estimate of drug-likeness (QED) is 0.820. The number of pyridine rings is 1. The van der Waals surface area contributed by atoms with Crippen molar-refractivity contribution in [3.63, 3.8) is 0 Å². The summed E-state index contributed by atoms with van der Waals surface area (Å²) in [5, 5.41) is 0. The third-order valence-corrected chi connectivity index (χ3v) is 6.67. The number of hydrogen-bond acceptors (Lipinski definition) is 5. The van der Waals surface area contributed by atoms with Gasteiger partial charge in [0.05, 0.1) is 5.56 Å². The van der Waals surface area contributed by atoms with E-state index in [0.29, 0.717) is 23.3 Å². The van der Waals surface area contributed by atoms with Crippen molar-refractivity contribution in [2.75, 3.05) is 26.2 Å². The molecule has 2 aromatic heterocycles. The molecule has 28 heavy (non-hydrogen) atoms. The Bertz CT molecular complexity index is 821. The van der Waals surface area contributed by atoms with Gasteiger partial charge in [-0.25, -0.2) is 9.97 Å². The van der Waals surface area contributed by atoms with Crippen LogP contribution in [-0.4, -0.2) is 62.9 Å². The van der Waals surface area contributed by atoms with Gasteiger partial charge in [0.2, 0.25) is 0 Å². The zero-order valence-electron chi connectivity index (χ0n) is 16.2. The first-order chi connectivity index (χ1) is 13.8. The third-order valence-electron chi connectivity index (χ3n) is 6.67. The molecule has 1 aliphatic carbocycles. The summed E-state index contributed by atoms with van der Waals surface area (Å²) in [7, 11) is 0. The number of nitrogens with zero attached hydrogens (tertiary/aromatic N) is 5. The van der Waals surface area contributed by atoms with Crippen LogP contribution in [0.2, 0.25) is 0 Å². The van der Waals surface area contributed by atoms with Gasteiger partial charge in [-0.05, 0) is 49.7 Å². The molecular formula is C22H27N5O. The Hall–Kier alpha value is -2.34. The lowest BCUT2D eigenvalue weighted by Gasteiger charge is -2.40. The monoisotopic (exact) mass is 377 g/mol. The summed E-state index contributed by atoms with van der Waals surface area (Å²) in [6.45, 7) is 4.09. The molecular weight excluding hydrogens is 350 g/mol. The van der Waals surface area contributed by atoms with Crippen LogP contribution >= 0.6 is 0 Å². The molecule has 0 aromatic carbocycles. The lowest BCUT2D eigenvalue weighted by molar-refractivity contribution is 0.0716. The highest BCUT2D eigenvalue weighted by Crippen LogP contribution is 2.33. The molecule has 6 heteroatoms. The number of carbonyl (C=O) groups is 1. The van der Waals surface area contributed by atoms with Crippen LogP contribution in [-0.2, 0) is 0 Å². The minimum atomic E-state index is 0.0728. The Kier molecular flexibility index (Phi) is 4.81. The maximum absolute atomic E-state index is 13.1. The molecule has 0 radical (unpaired) electrons. The van der Waals surface area contributed by atoms with Gasteiger partial charge in [-0.15, -0.1) is 0 Å². The van der Waals surface area contributed by atoms with Gasteiger partial charge in [0, 0.05) is 62.6 Å². The molecule has 1 amide bonds. The molecule has 4 fully saturated rings. The van der Waals surface area contributed by atoms with Crippen LogP contribution in [0.1, 0.15) is 42.5 Å². The van der Waals surface area contributed by atoms with Crippen LogP contribution in [0.3, 0.4) is 0 Å². The number of carbonyl (C=O) groups excluding carboxylic acids is 1. The second-order valence-corrected chi connectivity index (χ2v) is 8.59. The van der Waals surface area contributed by atoms with Gasteiger partial charge in [0.15, 0.2) is 5.82 Å². The Balaban J connectivity index is 1.29. The van der Waals surface area contributed by atoms with E-state index in [9.17, 15) is 4.79 Å². The summed E-state index contributed by atoms with van der Waals surface area (Å²) >= 11 is 0. The van der Waals surface area contributed by atoms with E-state index in [1.165, 1.54) is 38.6 Å². The molecule has 2 bridgehead atoms. The minimum absolute atomic E-state index is 0.0728. The van der Waals surface area contributed by atoms with Crippen LogP contribution in [0.5, 0.6) is 0 Å². The zero-order valence-corrected chi connectivity index (χ0v) is 16.2. The van der Waals surface area contributed by atoms with E-state index in [-0.39, 0.29) is 5.91 Å². The Morgan fingerprint density at radius 1 is 1.00 bits per heavy atom. The molecule has 2 atom stereocenters. The molecule has 1 saturated carbocycles. The molecule has 6 rings (SSSR count). The van der Waals surface area contributed by atoms with E-state index < -0.39 is 0 Å². The molecule has 2 aromatic rings. The van der Waals surface area contributed by atoms with Crippen molar-refractivity contribution in [1.29, 1.82) is 0 Å². The maximum atomic E-state index is 13.1. The first-order valence-electron chi connectivity index (χ1n) is 10.5. The molecule has 4 aliphatic rings. The van der Waals surface area contributed by atoms with Crippen molar-refractivity contribution in [2.45, 2.75) is 38.1 Å². The maximum Gasteiger partial charge on any atom is 0.257 e. The van der Waals surface area contributed by atoms with E-state index in [2.05, 4.69) is 19.9 Å². The number of fused-ring (bicyclic) bond motifs is 4. The van der Waals surface area contributed by atoms with Crippen LogP contribution in [0.4, 0.5) is 0 Å².